The molecule has 0 unspecified atom stereocenters. The number of carbonyl (C=O) groups excluding carboxylic acids is 1. The van der Waals surface area contributed by atoms with E-state index in [0.717, 1.165) is 5.57 Å². The van der Waals surface area contributed by atoms with Gasteiger partial charge in [0.15, 0.2) is 6.29 Å². The second-order valence-electron chi connectivity index (χ2n) is 1.85. The molecular formula is C7H12O3. The Morgan fingerprint density at radius 1 is 1.40 bits per heavy atom. The first-order valence-corrected chi connectivity index (χ1v) is 2.93. The van der Waals surface area contributed by atoms with Gasteiger partial charge in [-0.15, -0.1) is 0 Å². The molecule has 0 N–H and O–H groups in total. The molecule has 0 aliphatic heterocycles. The third-order valence-corrected chi connectivity index (χ3v) is 1.13. The first-order valence-electron chi connectivity index (χ1n) is 2.93. The van der Waals surface area contributed by atoms with Crippen LogP contribution in [0.4, 0.5) is 0 Å². The third-order valence-electron chi connectivity index (χ3n) is 1.13. The van der Waals surface area contributed by atoms with E-state index in [1.54, 1.807) is 6.92 Å². The number of ether oxygens (including phenoxy) is 2. The zero-order chi connectivity index (χ0) is 7.98. The van der Waals surface area contributed by atoms with Crippen LogP contribution in [0.25, 0.3) is 0 Å². The highest BCUT2D eigenvalue weighted by Crippen LogP contribution is 2.03. The van der Waals surface area contributed by atoms with Gasteiger partial charge in [0.2, 0.25) is 0 Å². The summed E-state index contributed by atoms with van der Waals surface area (Å²) in [7, 11) is 3.05. The molecule has 0 saturated carbocycles. The molecule has 0 aromatic carbocycles. The monoisotopic (exact) mass is 144 g/mol. The quantitative estimate of drug-likeness (QED) is 0.332. The fraction of sp³-hybridized carbons (Fsp3) is 0.571. The van der Waals surface area contributed by atoms with Crippen LogP contribution in [0.1, 0.15) is 6.92 Å². The molecule has 3 nitrogen and oxygen atoms in total. The van der Waals surface area contributed by atoms with Gasteiger partial charge >= 0.3 is 0 Å². The van der Waals surface area contributed by atoms with Crippen LogP contribution in [0.2, 0.25) is 0 Å². The average Bonchev–Trinajstić information content (AvgIpc) is 1.91. The van der Waals surface area contributed by atoms with Gasteiger partial charge in [0.1, 0.15) is 6.29 Å². The lowest BCUT2D eigenvalue weighted by molar-refractivity contribution is -0.104. The Hall–Kier alpha value is -0.670. The highest BCUT2D eigenvalue weighted by atomic mass is 16.7. The molecule has 0 bridgehead atoms. The number of rotatable bonds is 4. The van der Waals surface area contributed by atoms with Crippen molar-refractivity contribution < 1.29 is 14.3 Å². The molecular weight excluding hydrogens is 132 g/mol. The van der Waals surface area contributed by atoms with Gasteiger partial charge in [0.25, 0.3) is 0 Å². The minimum atomic E-state index is -0.398. The van der Waals surface area contributed by atoms with Gasteiger partial charge < -0.3 is 9.47 Å². The summed E-state index contributed by atoms with van der Waals surface area (Å²) in [6.45, 7) is 1.77. The maximum Gasteiger partial charge on any atom is 0.179 e. The van der Waals surface area contributed by atoms with Crippen molar-refractivity contribution in [3.8, 4) is 0 Å². The van der Waals surface area contributed by atoms with E-state index in [2.05, 4.69) is 0 Å². The lowest BCUT2D eigenvalue weighted by Gasteiger charge is -2.12. The van der Waals surface area contributed by atoms with Crippen LogP contribution in [-0.4, -0.2) is 26.8 Å². The molecule has 0 saturated heterocycles. The standard InChI is InChI=1S/C7H12O3/c1-6(4-5-8)7(9-2)10-3/h4-5,7H,1-3H3. The fourth-order valence-electron chi connectivity index (χ4n) is 0.654. The summed E-state index contributed by atoms with van der Waals surface area (Å²) < 4.78 is 9.73. The Bertz CT molecular complexity index is 125. The van der Waals surface area contributed by atoms with Gasteiger partial charge in [0.05, 0.1) is 0 Å². The van der Waals surface area contributed by atoms with E-state index < -0.39 is 6.29 Å². The minimum absolute atomic E-state index is 0.398. The van der Waals surface area contributed by atoms with Crippen molar-refractivity contribution in [3.63, 3.8) is 0 Å². The molecule has 0 aliphatic rings. The van der Waals surface area contributed by atoms with E-state index in [1.807, 2.05) is 0 Å². The number of allylic oxidation sites excluding steroid dienone is 1. The molecule has 0 fully saturated rings. The molecule has 0 aromatic heterocycles. The van der Waals surface area contributed by atoms with E-state index >= 15 is 0 Å². The van der Waals surface area contributed by atoms with Crippen molar-refractivity contribution >= 4 is 6.29 Å². The minimum Gasteiger partial charge on any atom is -0.352 e. The summed E-state index contributed by atoms with van der Waals surface area (Å²) in [4.78, 5) is 9.96. The Balaban J connectivity index is 3.99. The maximum absolute atomic E-state index is 9.96. The third kappa shape index (κ3) is 2.75. The van der Waals surface area contributed by atoms with Crippen molar-refractivity contribution in [2.75, 3.05) is 14.2 Å². The van der Waals surface area contributed by atoms with Crippen LogP contribution in [0.3, 0.4) is 0 Å². The Morgan fingerprint density at radius 3 is 2.20 bits per heavy atom. The summed E-state index contributed by atoms with van der Waals surface area (Å²) in [5, 5.41) is 0. The Labute approximate surface area is 60.6 Å². The smallest absolute Gasteiger partial charge is 0.179 e. The van der Waals surface area contributed by atoms with Gasteiger partial charge in [-0.1, -0.05) is 0 Å². The lowest BCUT2D eigenvalue weighted by atomic mass is 10.3. The fourth-order valence-corrected chi connectivity index (χ4v) is 0.654. The molecule has 3 heteroatoms. The van der Waals surface area contributed by atoms with Gasteiger partial charge in [-0.05, 0) is 18.6 Å². The normalized spacial score (nSPS) is 12.2. The first kappa shape index (κ1) is 9.33. The Kier molecular flexibility index (Phi) is 4.80. The largest absolute Gasteiger partial charge is 0.352 e. The first-order chi connectivity index (χ1) is 4.76. The van der Waals surface area contributed by atoms with Gasteiger partial charge in [-0.25, -0.2) is 0 Å². The van der Waals surface area contributed by atoms with Crippen LogP contribution in [0.5, 0.6) is 0 Å². The molecule has 0 radical (unpaired) electrons. The van der Waals surface area contributed by atoms with Crippen molar-refractivity contribution in [2.45, 2.75) is 13.2 Å². The van der Waals surface area contributed by atoms with Crippen LogP contribution >= 0.6 is 0 Å². The van der Waals surface area contributed by atoms with Crippen LogP contribution < -0.4 is 0 Å². The molecule has 0 aromatic rings. The van der Waals surface area contributed by atoms with Crippen LogP contribution in [-0.2, 0) is 14.3 Å². The number of methoxy groups -OCH3 is 2. The van der Waals surface area contributed by atoms with Crippen molar-refractivity contribution in [1.82, 2.24) is 0 Å². The number of hydrogen-bond acceptors (Lipinski definition) is 3. The molecule has 0 atom stereocenters. The lowest BCUT2D eigenvalue weighted by Crippen LogP contribution is -2.14. The van der Waals surface area contributed by atoms with Gasteiger partial charge in [0, 0.05) is 14.2 Å². The second-order valence-corrected chi connectivity index (χ2v) is 1.85. The van der Waals surface area contributed by atoms with E-state index in [9.17, 15) is 4.79 Å². The number of aldehydes is 1. The van der Waals surface area contributed by atoms with E-state index in [4.69, 9.17) is 9.47 Å². The van der Waals surface area contributed by atoms with Crippen molar-refractivity contribution in [2.24, 2.45) is 0 Å². The molecule has 0 aliphatic carbocycles. The summed E-state index contributed by atoms with van der Waals surface area (Å²) >= 11 is 0. The zero-order valence-electron chi connectivity index (χ0n) is 6.46. The zero-order valence-corrected chi connectivity index (χ0v) is 6.46. The van der Waals surface area contributed by atoms with E-state index in [1.165, 1.54) is 20.3 Å². The van der Waals surface area contributed by atoms with E-state index in [0.29, 0.717) is 6.29 Å². The summed E-state index contributed by atoms with van der Waals surface area (Å²) in [5.41, 5.74) is 0.764. The highest BCUT2D eigenvalue weighted by molar-refractivity contribution is 5.66. The molecule has 58 valence electrons. The van der Waals surface area contributed by atoms with Gasteiger partial charge in [-0.2, -0.15) is 0 Å². The summed E-state index contributed by atoms with van der Waals surface area (Å²) in [6.07, 6.45) is 1.73. The maximum atomic E-state index is 9.96. The van der Waals surface area contributed by atoms with Crippen molar-refractivity contribution in [3.05, 3.63) is 11.6 Å². The van der Waals surface area contributed by atoms with Crippen LogP contribution in [0, 0.1) is 0 Å². The highest BCUT2D eigenvalue weighted by Gasteiger charge is 2.05. The molecule has 0 rings (SSSR count). The van der Waals surface area contributed by atoms with Crippen LogP contribution in [0.15, 0.2) is 11.6 Å². The molecule has 0 heterocycles. The number of carbonyl (C=O) groups is 1. The second kappa shape index (κ2) is 5.14. The van der Waals surface area contributed by atoms with E-state index in [-0.39, 0.29) is 0 Å². The molecule has 0 spiro atoms. The Morgan fingerprint density at radius 2 is 1.90 bits per heavy atom. The topological polar surface area (TPSA) is 35.5 Å². The van der Waals surface area contributed by atoms with Crippen molar-refractivity contribution in [1.29, 1.82) is 0 Å². The summed E-state index contributed by atoms with van der Waals surface area (Å²) in [6, 6.07) is 0. The predicted octanol–water partition coefficient (Wildman–Crippen LogP) is 0.750. The predicted molar refractivity (Wildman–Crippen MR) is 37.6 cm³/mol. The SMILES string of the molecule is COC(OC)C(C)=CC=O. The number of hydrogen-bond donors (Lipinski definition) is 0. The molecule has 10 heavy (non-hydrogen) atoms. The summed E-state index contributed by atoms with van der Waals surface area (Å²) in [5.74, 6) is 0. The molecule has 0 amide bonds. The van der Waals surface area contributed by atoms with Gasteiger partial charge in [-0.3, -0.25) is 4.79 Å². The average molecular weight is 144 g/mol.